The lowest BCUT2D eigenvalue weighted by atomic mass is 10.7. The molecular formula is C7H11N3O6S. The van der Waals surface area contributed by atoms with E-state index in [4.69, 9.17) is 10.3 Å². The number of hydrogen-bond donors (Lipinski definition) is 2. The van der Waals surface area contributed by atoms with Crippen LogP contribution in [0.4, 0.5) is 4.79 Å². The molecule has 96 valence electrons. The number of rotatable bonds is 3. The maximum absolute atomic E-state index is 11.7. The summed E-state index contributed by atoms with van der Waals surface area (Å²) in [5.41, 5.74) is 5.13. The smallest absolute Gasteiger partial charge is 0.368 e. The number of piperidine rings is 1. The first kappa shape index (κ1) is 12.1. The van der Waals surface area contributed by atoms with Gasteiger partial charge in [-0.15, -0.1) is 4.28 Å². The number of primary amides is 1. The van der Waals surface area contributed by atoms with Crippen LogP contribution in [0.1, 0.15) is 12.8 Å². The third-order valence-corrected chi connectivity index (χ3v) is 3.17. The standard InChI is InChI=1S/C7H11N3O6S/c8-6(11)5-2-1-4-3-9(5)7(12)10(4)16-17(13,14)15/h4-5H,1-3H2,(H2,8,11)(H,13,14,15)/t4-,5?/m1/s1/i1+1,2+1,4+1,5+1,6+1. The van der Waals surface area contributed by atoms with E-state index < -0.39 is 34.4 Å². The highest BCUT2D eigenvalue weighted by atomic mass is 32.3. The molecule has 2 bridgehead atoms. The zero-order chi connectivity index (χ0) is 12.8. The number of amides is 3. The summed E-state index contributed by atoms with van der Waals surface area (Å²) in [4.78, 5) is 23.9. The van der Waals surface area contributed by atoms with Crippen molar-refractivity contribution in [1.82, 2.24) is 9.96 Å². The van der Waals surface area contributed by atoms with Gasteiger partial charge < -0.3 is 10.6 Å². The van der Waals surface area contributed by atoms with Crippen LogP contribution in [0, 0.1) is 0 Å². The third-order valence-electron chi connectivity index (χ3n) is 2.83. The van der Waals surface area contributed by atoms with E-state index in [-0.39, 0.29) is 6.54 Å². The van der Waals surface area contributed by atoms with E-state index in [9.17, 15) is 18.0 Å². The quantitative estimate of drug-likeness (QED) is 0.473. The van der Waals surface area contributed by atoms with Gasteiger partial charge in [-0.1, -0.05) is 0 Å². The topological polar surface area (TPSA) is 130 Å². The van der Waals surface area contributed by atoms with Crippen molar-refractivity contribution in [3.05, 3.63) is 0 Å². The number of hydroxylamine groups is 2. The van der Waals surface area contributed by atoms with Crippen LogP contribution in [0.25, 0.3) is 0 Å². The van der Waals surface area contributed by atoms with E-state index in [0.717, 1.165) is 4.90 Å². The van der Waals surface area contributed by atoms with E-state index in [1.54, 1.807) is 0 Å². The molecular weight excluding hydrogens is 259 g/mol. The molecule has 0 saturated carbocycles. The monoisotopic (exact) mass is 270 g/mol. The fourth-order valence-electron chi connectivity index (χ4n) is 2.13. The summed E-state index contributed by atoms with van der Waals surface area (Å²) >= 11 is 0. The molecule has 0 spiro atoms. The van der Waals surface area contributed by atoms with E-state index in [0.29, 0.717) is 17.9 Å². The van der Waals surface area contributed by atoms with Crippen molar-refractivity contribution in [3.63, 3.8) is 0 Å². The number of nitrogens with two attached hydrogens (primary N) is 1. The van der Waals surface area contributed by atoms with Crippen LogP contribution in [0.15, 0.2) is 0 Å². The van der Waals surface area contributed by atoms with E-state index >= 15 is 0 Å². The normalized spacial score (nSPS) is 28.6. The number of urea groups is 1. The molecule has 9 nitrogen and oxygen atoms in total. The molecule has 3 N–H and O–H groups in total. The molecule has 2 aliphatic rings. The Morgan fingerprint density at radius 1 is 1.47 bits per heavy atom. The van der Waals surface area contributed by atoms with Gasteiger partial charge in [-0.3, -0.25) is 9.35 Å². The van der Waals surface area contributed by atoms with Gasteiger partial charge in [0.1, 0.15) is 6.04 Å². The SMILES string of the molecule is N[13C](=O)[13CH]1[13CH2][13CH2][13C@@H]2CN1C(=O)N2OS(=O)(=O)O. The lowest BCUT2D eigenvalue weighted by Gasteiger charge is -2.27. The first-order valence-electron chi connectivity index (χ1n) is 4.86. The highest BCUT2D eigenvalue weighted by molar-refractivity contribution is 7.80. The van der Waals surface area contributed by atoms with Gasteiger partial charge in [-0.05, 0) is 12.8 Å². The van der Waals surface area contributed by atoms with Crippen LogP contribution in [0.3, 0.4) is 0 Å². The van der Waals surface area contributed by atoms with Gasteiger partial charge in [0.05, 0.1) is 6.04 Å². The summed E-state index contributed by atoms with van der Waals surface area (Å²) in [6.45, 7) is 0.155. The van der Waals surface area contributed by atoms with Crippen LogP contribution < -0.4 is 5.73 Å². The zero-order valence-corrected chi connectivity index (χ0v) is 9.46. The van der Waals surface area contributed by atoms with Gasteiger partial charge in [-0.2, -0.15) is 13.5 Å². The molecule has 2 heterocycles. The molecule has 3 amide bonds. The molecule has 2 aliphatic heterocycles. The minimum atomic E-state index is -4.75. The van der Waals surface area contributed by atoms with Crippen molar-refractivity contribution >= 4 is 22.3 Å². The molecule has 0 aromatic carbocycles. The highest BCUT2D eigenvalue weighted by Gasteiger charge is 2.48. The molecule has 0 aromatic heterocycles. The minimum Gasteiger partial charge on any atom is -0.368 e. The number of carbonyl (C=O) groups is 2. The Kier molecular flexibility index (Phi) is 2.72. The fourth-order valence-corrected chi connectivity index (χ4v) is 2.52. The van der Waals surface area contributed by atoms with Crippen molar-refractivity contribution in [2.75, 3.05) is 6.54 Å². The number of nitrogens with zero attached hydrogens (tertiary/aromatic N) is 2. The minimum absolute atomic E-state index is 0.155. The molecule has 2 atom stereocenters. The van der Waals surface area contributed by atoms with Gasteiger partial charge in [0.25, 0.3) is 0 Å². The second kappa shape index (κ2) is 3.82. The van der Waals surface area contributed by atoms with E-state index in [2.05, 4.69) is 4.28 Å². The summed E-state index contributed by atoms with van der Waals surface area (Å²) < 4.78 is 33.8. The molecule has 17 heavy (non-hydrogen) atoms. The van der Waals surface area contributed by atoms with Gasteiger partial charge >= 0.3 is 16.4 Å². The molecule has 1 unspecified atom stereocenters. The Morgan fingerprint density at radius 3 is 2.65 bits per heavy atom. The Hall–Kier alpha value is -1.39. The predicted octanol–water partition coefficient (Wildman–Crippen LogP) is -1.53. The average molecular weight is 270 g/mol. The van der Waals surface area contributed by atoms with Crippen LogP contribution in [-0.4, -0.2) is 53.5 Å². The third kappa shape index (κ3) is 2.18. The van der Waals surface area contributed by atoms with Gasteiger partial charge in [0, 0.05) is 6.54 Å². The van der Waals surface area contributed by atoms with Crippen molar-refractivity contribution in [3.8, 4) is 0 Å². The largest absolute Gasteiger partial charge is 0.418 e. The number of carbonyl (C=O) groups excluding carboxylic acids is 2. The molecule has 2 saturated heterocycles. The van der Waals surface area contributed by atoms with Crippen molar-refractivity contribution < 1.29 is 26.8 Å². The average Bonchev–Trinajstić information content (AvgIpc) is 2.42. The molecule has 0 radical (unpaired) electrons. The number of fused-ring (bicyclic) bond motifs is 2. The Morgan fingerprint density at radius 2 is 2.12 bits per heavy atom. The van der Waals surface area contributed by atoms with Crippen molar-refractivity contribution in [2.24, 2.45) is 5.73 Å². The molecule has 0 aliphatic carbocycles. The highest BCUT2D eigenvalue weighted by Crippen LogP contribution is 2.30. The summed E-state index contributed by atoms with van der Waals surface area (Å²) in [5.74, 6) is -0.648. The Balaban J connectivity index is 2.20. The van der Waals surface area contributed by atoms with Crippen LogP contribution in [-0.2, 0) is 19.5 Å². The van der Waals surface area contributed by atoms with Crippen LogP contribution in [0.2, 0.25) is 0 Å². The zero-order valence-electron chi connectivity index (χ0n) is 8.64. The van der Waals surface area contributed by atoms with Crippen molar-refractivity contribution in [2.45, 2.75) is 24.9 Å². The summed E-state index contributed by atoms with van der Waals surface area (Å²) in [5, 5.41) is 0.568. The van der Waals surface area contributed by atoms with Crippen LogP contribution >= 0.6 is 0 Å². The lowest BCUT2D eigenvalue weighted by Crippen LogP contribution is -2.47. The van der Waals surface area contributed by atoms with Gasteiger partial charge in [0.15, 0.2) is 0 Å². The van der Waals surface area contributed by atoms with Crippen LogP contribution in [0.5, 0.6) is 0 Å². The Labute approximate surface area is 97.0 Å². The van der Waals surface area contributed by atoms with Gasteiger partial charge in [-0.25, -0.2) is 4.79 Å². The maximum atomic E-state index is 11.7. The van der Waals surface area contributed by atoms with Crippen molar-refractivity contribution in [1.29, 1.82) is 0 Å². The predicted molar refractivity (Wildman–Crippen MR) is 52.6 cm³/mol. The second-order valence-electron chi connectivity index (χ2n) is 3.91. The van der Waals surface area contributed by atoms with E-state index in [1.165, 1.54) is 0 Å². The summed E-state index contributed by atoms with van der Waals surface area (Å²) in [6, 6.07) is -2.04. The maximum Gasteiger partial charge on any atom is 0.418 e. The summed E-state index contributed by atoms with van der Waals surface area (Å²) in [6.07, 6.45) is 0.725. The molecule has 0 aromatic rings. The molecule has 10 heteroatoms. The molecule has 2 rings (SSSR count). The first-order chi connectivity index (χ1) is 7.79. The number of hydrogen-bond acceptors (Lipinski definition) is 5. The van der Waals surface area contributed by atoms with E-state index in [1.807, 2.05) is 0 Å². The fraction of sp³-hybridized carbons (Fsp3) is 0.714. The Bertz CT molecular complexity index is 462. The second-order valence-corrected chi connectivity index (χ2v) is 4.92. The lowest BCUT2D eigenvalue weighted by molar-refractivity contribution is -0.122. The first-order valence-corrected chi connectivity index (χ1v) is 6.22. The summed E-state index contributed by atoms with van der Waals surface area (Å²) in [7, 11) is -4.75. The molecule has 2 fully saturated rings. The van der Waals surface area contributed by atoms with Gasteiger partial charge in [0.2, 0.25) is 5.91 Å².